The monoisotopic (exact) mass is 344 g/mol. The minimum atomic E-state index is -3.73. The summed E-state index contributed by atoms with van der Waals surface area (Å²) in [7, 11) is -3.73. The standard InChI is InChI=1S/C10H14Cl2N2O3S2/c1-2-17-6-3-5(13)9(6)14-19(15,16)7-4-8(11)18-10(7)12/h4-6,9,14H,2-3,13H2,1H3. The fourth-order valence-electron chi connectivity index (χ4n) is 1.94. The maximum absolute atomic E-state index is 12.2. The summed E-state index contributed by atoms with van der Waals surface area (Å²) in [6.07, 6.45) is 0.446. The Bertz CT molecular complexity index is 559. The van der Waals surface area contributed by atoms with E-state index in [0.29, 0.717) is 17.4 Å². The van der Waals surface area contributed by atoms with E-state index in [1.54, 1.807) is 0 Å². The van der Waals surface area contributed by atoms with Crippen LogP contribution >= 0.6 is 34.5 Å². The van der Waals surface area contributed by atoms with E-state index in [1.807, 2.05) is 6.92 Å². The van der Waals surface area contributed by atoms with Crippen molar-refractivity contribution in [1.82, 2.24) is 4.72 Å². The summed E-state index contributed by atoms with van der Waals surface area (Å²) in [5, 5.41) is 0. The first kappa shape index (κ1) is 15.5. The van der Waals surface area contributed by atoms with Gasteiger partial charge in [-0.25, -0.2) is 13.1 Å². The van der Waals surface area contributed by atoms with Crippen LogP contribution in [0.4, 0.5) is 0 Å². The van der Waals surface area contributed by atoms with Gasteiger partial charge in [-0.1, -0.05) is 23.2 Å². The molecule has 0 saturated heterocycles. The van der Waals surface area contributed by atoms with Crippen molar-refractivity contribution in [3.63, 3.8) is 0 Å². The first-order valence-electron chi connectivity index (χ1n) is 5.69. The van der Waals surface area contributed by atoms with E-state index in [9.17, 15) is 8.42 Å². The summed E-state index contributed by atoms with van der Waals surface area (Å²) in [4.78, 5) is -0.0153. The lowest BCUT2D eigenvalue weighted by atomic mass is 9.84. The molecule has 3 unspecified atom stereocenters. The van der Waals surface area contributed by atoms with Gasteiger partial charge in [0, 0.05) is 12.6 Å². The molecular weight excluding hydrogens is 331 g/mol. The number of nitrogens with one attached hydrogen (secondary N) is 1. The van der Waals surface area contributed by atoms with Crippen molar-refractivity contribution in [2.45, 2.75) is 36.4 Å². The second-order valence-corrected chi connectivity index (χ2v) is 8.20. The van der Waals surface area contributed by atoms with Crippen molar-refractivity contribution in [2.75, 3.05) is 6.61 Å². The third-order valence-corrected chi connectivity index (χ3v) is 6.17. The van der Waals surface area contributed by atoms with E-state index >= 15 is 0 Å². The quantitative estimate of drug-likeness (QED) is 0.853. The molecular formula is C10H14Cl2N2O3S2. The summed E-state index contributed by atoms with van der Waals surface area (Å²) in [5.41, 5.74) is 5.81. The highest BCUT2D eigenvalue weighted by atomic mass is 35.5. The molecule has 2 rings (SSSR count). The SMILES string of the molecule is CCOC1CC(N)C1NS(=O)(=O)c1cc(Cl)sc1Cl. The topological polar surface area (TPSA) is 81.4 Å². The molecule has 1 aliphatic rings. The van der Waals surface area contributed by atoms with Gasteiger partial charge in [0.1, 0.15) is 9.23 Å². The normalized spacial score (nSPS) is 27.3. The van der Waals surface area contributed by atoms with Gasteiger partial charge in [-0.3, -0.25) is 0 Å². The number of ether oxygens (including phenoxy) is 1. The molecule has 5 nitrogen and oxygen atoms in total. The van der Waals surface area contributed by atoms with Crippen LogP contribution in [0.3, 0.4) is 0 Å². The fraction of sp³-hybridized carbons (Fsp3) is 0.600. The Morgan fingerprint density at radius 1 is 1.58 bits per heavy atom. The third kappa shape index (κ3) is 3.24. The van der Waals surface area contributed by atoms with E-state index in [1.165, 1.54) is 6.07 Å². The Morgan fingerprint density at radius 2 is 2.26 bits per heavy atom. The number of nitrogens with two attached hydrogens (primary N) is 1. The van der Waals surface area contributed by atoms with Crippen molar-refractivity contribution < 1.29 is 13.2 Å². The van der Waals surface area contributed by atoms with E-state index in [2.05, 4.69) is 4.72 Å². The van der Waals surface area contributed by atoms with E-state index < -0.39 is 16.1 Å². The van der Waals surface area contributed by atoms with Crippen LogP contribution in [0.25, 0.3) is 0 Å². The molecule has 1 aromatic heterocycles. The zero-order valence-electron chi connectivity index (χ0n) is 10.1. The van der Waals surface area contributed by atoms with Crippen molar-refractivity contribution in [3.8, 4) is 0 Å². The molecule has 9 heteroatoms. The van der Waals surface area contributed by atoms with E-state index in [4.69, 9.17) is 33.7 Å². The summed E-state index contributed by atoms with van der Waals surface area (Å²) in [6, 6.07) is 0.649. The van der Waals surface area contributed by atoms with Crippen LogP contribution in [-0.4, -0.2) is 33.2 Å². The first-order valence-corrected chi connectivity index (χ1v) is 8.75. The van der Waals surface area contributed by atoms with Crippen LogP contribution in [0.15, 0.2) is 11.0 Å². The Balaban J connectivity index is 2.15. The second kappa shape index (κ2) is 5.85. The highest BCUT2D eigenvalue weighted by Crippen LogP contribution is 2.35. The maximum Gasteiger partial charge on any atom is 0.243 e. The summed E-state index contributed by atoms with van der Waals surface area (Å²) < 4.78 is 32.8. The maximum atomic E-state index is 12.2. The molecule has 0 spiro atoms. The van der Waals surface area contributed by atoms with Gasteiger partial charge in [-0.15, -0.1) is 11.3 Å². The van der Waals surface area contributed by atoms with Crippen molar-refractivity contribution in [3.05, 3.63) is 14.7 Å². The number of thiophene rings is 1. The molecule has 1 aliphatic carbocycles. The predicted molar refractivity (Wildman–Crippen MR) is 76.5 cm³/mol. The molecule has 1 saturated carbocycles. The number of hydrogen-bond acceptors (Lipinski definition) is 5. The summed E-state index contributed by atoms with van der Waals surface area (Å²) in [5.74, 6) is 0. The average molecular weight is 345 g/mol. The smallest absolute Gasteiger partial charge is 0.243 e. The molecule has 0 radical (unpaired) electrons. The molecule has 1 fully saturated rings. The molecule has 0 amide bonds. The third-order valence-electron chi connectivity index (χ3n) is 2.95. The number of halogens is 2. The molecule has 1 heterocycles. The van der Waals surface area contributed by atoms with Gasteiger partial charge in [-0.05, 0) is 19.4 Å². The van der Waals surface area contributed by atoms with Crippen molar-refractivity contribution in [1.29, 1.82) is 0 Å². The average Bonchev–Trinajstić information content (AvgIpc) is 2.66. The van der Waals surface area contributed by atoms with Crippen molar-refractivity contribution in [2.24, 2.45) is 5.73 Å². The molecule has 108 valence electrons. The van der Waals surface area contributed by atoms with Crippen LogP contribution < -0.4 is 10.5 Å². The Morgan fingerprint density at radius 3 is 2.74 bits per heavy atom. The number of sulfonamides is 1. The van der Waals surface area contributed by atoms with Gasteiger partial charge in [0.15, 0.2) is 0 Å². The lowest BCUT2D eigenvalue weighted by Crippen LogP contribution is -2.64. The first-order chi connectivity index (χ1) is 8.85. The van der Waals surface area contributed by atoms with Crippen LogP contribution in [0, 0.1) is 0 Å². The molecule has 0 aliphatic heterocycles. The second-order valence-electron chi connectivity index (χ2n) is 4.23. The highest BCUT2D eigenvalue weighted by molar-refractivity contribution is 7.89. The van der Waals surface area contributed by atoms with Gasteiger partial charge in [-0.2, -0.15) is 0 Å². The largest absolute Gasteiger partial charge is 0.377 e. The van der Waals surface area contributed by atoms with Gasteiger partial charge in [0.25, 0.3) is 0 Å². The highest BCUT2D eigenvalue weighted by Gasteiger charge is 2.42. The zero-order valence-corrected chi connectivity index (χ0v) is 13.2. The molecule has 0 aromatic carbocycles. The minimum Gasteiger partial charge on any atom is -0.377 e. The van der Waals surface area contributed by atoms with Gasteiger partial charge < -0.3 is 10.5 Å². The predicted octanol–water partition coefficient (Wildman–Crippen LogP) is 1.84. The van der Waals surface area contributed by atoms with E-state index in [-0.39, 0.29) is 21.4 Å². The zero-order chi connectivity index (χ0) is 14.2. The van der Waals surface area contributed by atoms with Crippen LogP contribution in [0.5, 0.6) is 0 Å². The van der Waals surface area contributed by atoms with Crippen LogP contribution in [0.2, 0.25) is 8.67 Å². The number of rotatable bonds is 5. The molecule has 3 N–H and O–H groups in total. The van der Waals surface area contributed by atoms with E-state index in [0.717, 1.165) is 11.3 Å². The van der Waals surface area contributed by atoms with Gasteiger partial charge >= 0.3 is 0 Å². The molecule has 0 bridgehead atoms. The van der Waals surface area contributed by atoms with Crippen LogP contribution in [0.1, 0.15) is 13.3 Å². The van der Waals surface area contributed by atoms with Crippen LogP contribution in [-0.2, 0) is 14.8 Å². The molecule has 1 aromatic rings. The Hall–Kier alpha value is 0.110. The minimum absolute atomic E-state index is 0.0153. The summed E-state index contributed by atoms with van der Waals surface area (Å²) >= 11 is 12.6. The lowest BCUT2D eigenvalue weighted by Gasteiger charge is -2.42. The van der Waals surface area contributed by atoms with Crippen molar-refractivity contribution >= 4 is 44.6 Å². The molecule has 3 atom stereocenters. The number of hydrogen-bond donors (Lipinski definition) is 2. The summed E-state index contributed by atoms with van der Waals surface area (Å²) in [6.45, 7) is 2.37. The van der Waals surface area contributed by atoms with Gasteiger partial charge in [0.05, 0.1) is 16.5 Å². The lowest BCUT2D eigenvalue weighted by molar-refractivity contribution is -0.0248. The Labute approximate surface area is 126 Å². The van der Waals surface area contributed by atoms with Gasteiger partial charge in [0.2, 0.25) is 10.0 Å². The fourth-order valence-corrected chi connectivity index (χ4v) is 5.41. The Kier molecular flexibility index (Phi) is 4.77. The molecule has 19 heavy (non-hydrogen) atoms.